The Hall–Kier alpha value is -3.85. The van der Waals surface area contributed by atoms with E-state index in [1.165, 1.54) is 62.8 Å². The first kappa shape index (κ1) is 30.1. The van der Waals surface area contributed by atoms with Crippen molar-refractivity contribution in [1.29, 1.82) is 0 Å². The Bertz CT molecular complexity index is 1460. The Balaban J connectivity index is 1.68. The molecule has 1 aliphatic heterocycles. The fraction of sp³-hybridized carbons (Fsp3) is 0.333. The highest BCUT2D eigenvalue weighted by molar-refractivity contribution is 7.49. The van der Waals surface area contributed by atoms with Gasteiger partial charge >= 0.3 is 19.4 Å². The van der Waals surface area contributed by atoms with E-state index in [0.29, 0.717) is 22.3 Å². The molecule has 1 fully saturated rings. The summed E-state index contributed by atoms with van der Waals surface area (Å²) in [6.07, 6.45) is -8.80. The third-order valence-electron chi connectivity index (χ3n) is 6.01. The van der Waals surface area contributed by atoms with Crippen LogP contribution < -0.4 is 29.8 Å². The molecule has 1 aromatic heterocycles. The van der Waals surface area contributed by atoms with Crippen molar-refractivity contribution in [2.75, 3.05) is 20.8 Å². The number of aliphatic hydroxyl groups excluding tert-OH is 1. The molecule has 2 N–H and O–H groups in total. The monoisotopic (exact) mass is 606 g/mol. The molecule has 1 unspecified atom stereocenters. The lowest BCUT2D eigenvalue weighted by atomic mass is 9.95. The molecule has 17 heteroatoms. The van der Waals surface area contributed by atoms with Crippen LogP contribution in [0.15, 0.2) is 70.4 Å². The minimum Gasteiger partial charge on any atom is -0.497 e. The molecular weight excluding hydrogens is 583 g/mol. The Kier molecular flexibility index (Phi) is 8.49. The maximum atomic E-state index is 15.3. The minimum atomic E-state index is -5.05. The third-order valence-corrected chi connectivity index (χ3v) is 7.32. The lowest BCUT2D eigenvalue weighted by molar-refractivity contribution is -0.242. The van der Waals surface area contributed by atoms with Crippen LogP contribution >= 0.6 is 7.82 Å². The second kappa shape index (κ2) is 11.6. The lowest BCUT2D eigenvalue weighted by Gasteiger charge is -2.33. The average Bonchev–Trinajstić information content (AvgIpc) is 3.14. The van der Waals surface area contributed by atoms with Gasteiger partial charge < -0.3 is 28.4 Å². The van der Waals surface area contributed by atoms with Crippen LogP contribution in [-0.2, 0) is 13.8 Å². The number of H-pyrrole nitrogens is 1. The van der Waals surface area contributed by atoms with Crippen LogP contribution in [-0.4, -0.2) is 59.5 Å². The second-order valence-corrected chi connectivity index (χ2v) is 10.1. The SMILES string of the molecule is COc1ccc(OP(=O)(OC[C@]2(C(F)F)O[C@H](n3ccc(=O)[nH]c3=O)C(O)C2(F)F)Oc2ccc(OC)cc2)cc1. The van der Waals surface area contributed by atoms with Crippen LogP contribution in [0.25, 0.3) is 0 Å². The maximum Gasteiger partial charge on any atom is 0.587 e. The van der Waals surface area contributed by atoms with Crippen molar-refractivity contribution in [2.24, 2.45) is 0 Å². The Morgan fingerprint density at radius 3 is 1.88 bits per heavy atom. The van der Waals surface area contributed by atoms with Crippen LogP contribution in [0.3, 0.4) is 0 Å². The molecule has 3 aromatic rings. The third kappa shape index (κ3) is 5.95. The Morgan fingerprint density at radius 2 is 1.44 bits per heavy atom. The van der Waals surface area contributed by atoms with Gasteiger partial charge in [-0.15, -0.1) is 0 Å². The van der Waals surface area contributed by atoms with E-state index in [1.807, 2.05) is 0 Å². The summed E-state index contributed by atoms with van der Waals surface area (Å²) in [6, 6.07) is 11.4. The summed E-state index contributed by atoms with van der Waals surface area (Å²) in [6.45, 7) is -1.84. The summed E-state index contributed by atoms with van der Waals surface area (Å²) in [7, 11) is -2.29. The number of nitrogens with one attached hydrogen (secondary N) is 1. The topological polar surface area (TPSA) is 148 Å². The van der Waals surface area contributed by atoms with Gasteiger partial charge in [0.15, 0.2) is 12.3 Å². The number of aliphatic hydroxyl groups is 1. The summed E-state index contributed by atoms with van der Waals surface area (Å²) in [4.78, 5) is 25.2. The van der Waals surface area contributed by atoms with Crippen LogP contribution in [0.1, 0.15) is 6.23 Å². The van der Waals surface area contributed by atoms with Crippen molar-refractivity contribution in [1.82, 2.24) is 9.55 Å². The van der Waals surface area contributed by atoms with Gasteiger partial charge in [0, 0.05) is 12.3 Å². The van der Waals surface area contributed by atoms with Gasteiger partial charge in [0.25, 0.3) is 12.0 Å². The van der Waals surface area contributed by atoms with Gasteiger partial charge in [-0.05, 0) is 48.5 Å². The van der Waals surface area contributed by atoms with E-state index in [-0.39, 0.29) is 11.5 Å². The minimum absolute atomic E-state index is 0.175. The molecule has 12 nitrogen and oxygen atoms in total. The van der Waals surface area contributed by atoms with Crippen molar-refractivity contribution >= 4 is 7.82 Å². The van der Waals surface area contributed by atoms with E-state index in [1.54, 1.807) is 4.98 Å². The first-order valence-electron chi connectivity index (χ1n) is 11.6. The molecule has 0 amide bonds. The normalized spacial score (nSPS) is 22.0. The van der Waals surface area contributed by atoms with E-state index in [2.05, 4.69) is 0 Å². The number of aromatic nitrogens is 2. The number of phosphoric ester groups is 1. The fourth-order valence-corrected chi connectivity index (χ4v) is 5.04. The number of benzene rings is 2. The zero-order valence-corrected chi connectivity index (χ0v) is 22.1. The summed E-state index contributed by atoms with van der Waals surface area (Å²) in [5.74, 6) is -4.39. The maximum absolute atomic E-state index is 15.3. The van der Waals surface area contributed by atoms with E-state index in [9.17, 15) is 28.0 Å². The first-order valence-corrected chi connectivity index (χ1v) is 13.1. The molecule has 1 saturated heterocycles. The lowest BCUT2D eigenvalue weighted by Crippen LogP contribution is -2.57. The number of rotatable bonds is 11. The number of alkyl halides is 4. The first-order chi connectivity index (χ1) is 19.3. The number of methoxy groups -OCH3 is 2. The smallest absolute Gasteiger partial charge is 0.497 e. The van der Waals surface area contributed by atoms with Gasteiger partial charge in [-0.25, -0.2) is 18.1 Å². The van der Waals surface area contributed by atoms with E-state index in [4.69, 9.17) is 27.8 Å². The molecule has 2 heterocycles. The molecule has 2 aromatic carbocycles. The van der Waals surface area contributed by atoms with Gasteiger partial charge in [0.1, 0.15) is 29.6 Å². The van der Waals surface area contributed by atoms with Crippen molar-refractivity contribution < 1.29 is 55.0 Å². The van der Waals surface area contributed by atoms with Crippen molar-refractivity contribution in [2.45, 2.75) is 30.3 Å². The van der Waals surface area contributed by atoms with Gasteiger partial charge in [0.05, 0.1) is 14.2 Å². The largest absolute Gasteiger partial charge is 0.587 e. The van der Waals surface area contributed by atoms with Crippen molar-refractivity contribution in [3.8, 4) is 23.0 Å². The van der Waals surface area contributed by atoms with E-state index in [0.717, 1.165) is 6.07 Å². The number of aromatic amines is 1. The molecule has 0 saturated carbocycles. The van der Waals surface area contributed by atoms with Crippen LogP contribution in [0.4, 0.5) is 17.6 Å². The van der Waals surface area contributed by atoms with Gasteiger partial charge in [-0.1, -0.05) is 0 Å². The van der Waals surface area contributed by atoms with Gasteiger partial charge in [-0.3, -0.25) is 18.9 Å². The quantitative estimate of drug-likeness (QED) is 0.246. The zero-order chi connectivity index (χ0) is 30.0. The molecule has 1 aliphatic rings. The summed E-state index contributed by atoms with van der Waals surface area (Å²) in [5, 5.41) is 10.3. The second-order valence-electron chi connectivity index (χ2n) is 8.54. The number of halogens is 4. The Labute approximate surface area is 228 Å². The Morgan fingerprint density at radius 1 is 0.951 bits per heavy atom. The van der Waals surface area contributed by atoms with E-state index < -0.39 is 56.0 Å². The summed E-state index contributed by atoms with van der Waals surface area (Å²) < 4.78 is 104. The van der Waals surface area contributed by atoms with Crippen molar-refractivity contribution in [3.63, 3.8) is 0 Å². The standard InChI is InChI=1S/C24H23F4N2O10P/c1-35-14-3-7-16(8-4-14)39-41(34,40-17-9-5-15(36-2)6-10-17)37-13-23(21(25)26)24(27,28)19(32)20(38-23)30-12-11-18(31)29-22(30)33/h3-12,19-21,32H,13H2,1-2H3,(H,29,31,33)/t19?,20-,23+/m0/s1. The molecule has 3 atom stereocenters. The summed E-state index contributed by atoms with van der Waals surface area (Å²) in [5.41, 5.74) is -6.18. The average molecular weight is 606 g/mol. The number of hydrogen-bond donors (Lipinski definition) is 2. The molecule has 41 heavy (non-hydrogen) atoms. The highest BCUT2D eigenvalue weighted by Crippen LogP contribution is 2.56. The predicted octanol–water partition coefficient (Wildman–Crippen LogP) is 3.37. The van der Waals surface area contributed by atoms with Gasteiger partial charge in [0.2, 0.25) is 5.60 Å². The van der Waals surface area contributed by atoms with Crippen LogP contribution in [0, 0.1) is 0 Å². The van der Waals surface area contributed by atoms with Crippen LogP contribution in [0.2, 0.25) is 0 Å². The van der Waals surface area contributed by atoms with E-state index >= 15 is 8.78 Å². The highest BCUT2D eigenvalue weighted by atomic mass is 31.2. The molecule has 0 spiro atoms. The molecule has 0 radical (unpaired) electrons. The molecule has 4 rings (SSSR count). The molecular formula is C24H23F4N2O10P. The number of phosphoric acid groups is 1. The van der Waals surface area contributed by atoms with Gasteiger partial charge in [-0.2, -0.15) is 8.78 Å². The van der Waals surface area contributed by atoms with Crippen molar-refractivity contribution in [3.05, 3.63) is 81.6 Å². The molecule has 0 bridgehead atoms. The van der Waals surface area contributed by atoms with Crippen LogP contribution in [0.5, 0.6) is 23.0 Å². The fourth-order valence-electron chi connectivity index (χ4n) is 3.79. The number of hydrogen-bond acceptors (Lipinski definition) is 10. The molecule has 0 aliphatic carbocycles. The molecule has 222 valence electrons. The number of ether oxygens (including phenoxy) is 3. The summed E-state index contributed by atoms with van der Waals surface area (Å²) >= 11 is 0. The highest BCUT2D eigenvalue weighted by Gasteiger charge is 2.74. The zero-order valence-electron chi connectivity index (χ0n) is 21.2. The number of nitrogens with zero attached hydrogens (tertiary/aromatic N) is 1. The predicted molar refractivity (Wildman–Crippen MR) is 132 cm³/mol.